The Morgan fingerprint density at radius 3 is 2.79 bits per heavy atom. The molecule has 0 aliphatic carbocycles. The highest BCUT2D eigenvalue weighted by atomic mass is 35.5. The zero-order chi connectivity index (χ0) is 16.9. The van der Waals surface area contributed by atoms with Crippen molar-refractivity contribution in [3.8, 4) is 0 Å². The van der Waals surface area contributed by atoms with Crippen LogP contribution in [0.1, 0.15) is 30.2 Å². The molecule has 3 rings (SSSR count). The lowest BCUT2D eigenvalue weighted by molar-refractivity contribution is 0.227. The van der Waals surface area contributed by atoms with Gasteiger partial charge in [0, 0.05) is 17.6 Å². The summed E-state index contributed by atoms with van der Waals surface area (Å²) in [5.74, 6) is 1.05. The lowest BCUT2D eigenvalue weighted by Gasteiger charge is -2.28. The Kier molecular flexibility index (Phi) is 5.37. The molecule has 1 aliphatic heterocycles. The first-order valence-corrected chi connectivity index (χ1v) is 8.48. The molecule has 2 aromatic rings. The predicted molar refractivity (Wildman–Crippen MR) is 93.3 cm³/mol. The van der Waals surface area contributed by atoms with E-state index in [4.69, 9.17) is 16.1 Å². The third-order valence-corrected chi connectivity index (χ3v) is 4.52. The van der Waals surface area contributed by atoms with Crippen LogP contribution >= 0.6 is 11.6 Å². The van der Waals surface area contributed by atoms with Crippen molar-refractivity contribution >= 4 is 23.4 Å². The number of anilines is 1. The molecule has 6 nitrogen and oxygen atoms in total. The molecule has 2 amide bonds. The van der Waals surface area contributed by atoms with Gasteiger partial charge in [-0.3, -0.25) is 10.2 Å². The molecule has 128 valence electrons. The van der Waals surface area contributed by atoms with Gasteiger partial charge in [-0.1, -0.05) is 35.0 Å². The van der Waals surface area contributed by atoms with Crippen LogP contribution < -0.4 is 10.6 Å². The van der Waals surface area contributed by atoms with Gasteiger partial charge in [0.05, 0.1) is 6.04 Å². The number of rotatable bonds is 5. The van der Waals surface area contributed by atoms with Gasteiger partial charge in [0.2, 0.25) is 0 Å². The maximum absolute atomic E-state index is 12.1. The number of carbonyl (C=O) groups is 1. The summed E-state index contributed by atoms with van der Waals surface area (Å²) < 4.78 is 4.94. The van der Waals surface area contributed by atoms with Crippen molar-refractivity contribution in [2.75, 3.05) is 25.0 Å². The van der Waals surface area contributed by atoms with Crippen LogP contribution in [-0.4, -0.2) is 35.7 Å². The second-order valence-electron chi connectivity index (χ2n) is 5.94. The molecule has 0 radical (unpaired) electrons. The highest BCUT2D eigenvalue weighted by Gasteiger charge is 2.25. The maximum atomic E-state index is 12.1. The smallest absolute Gasteiger partial charge is 0.320 e. The van der Waals surface area contributed by atoms with E-state index in [0.717, 1.165) is 23.7 Å². The minimum Gasteiger partial charge on any atom is -0.360 e. The number of benzene rings is 1. The summed E-state index contributed by atoms with van der Waals surface area (Å²) in [5.41, 5.74) is 1.04. The van der Waals surface area contributed by atoms with Gasteiger partial charge in [-0.15, -0.1) is 0 Å². The van der Waals surface area contributed by atoms with Crippen molar-refractivity contribution in [1.29, 1.82) is 0 Å². The zero-order valence-electron chi connectivity index (χ0n) is 13.6. The number of nitrogens with zero attached hydrogens (tertiary/aromatic N) is 2. The molecule has 1 aromatic heterocycles. The second-order valence-corrected chi connectivity index (χ2v) is 6.35. The summed E-state index contributed by atoms with van der Waals surface area (Å²) in [7, 11) is 0. The Hall–Kier alpha value is -2.05. The summed E-state index contributed by atoms with van der Waals surface area (Å²) >= 11 is 6.37. The number of amides is 2. The number of nitrogens with one attached hydrogen (secondary N) is 2. The molecule has 0 bridgehead atoms. The Morgan fingerprint density at radius 1 is 1.38 bits per heavy atom. The number of hydrogen-bond acceptors (Lipinski definition) is 4. The fourth-order valence-electron chi connectivity index (χ4n) is 3.01. The van der Waals surface area contributed by atoms with Crippen LogP contribution in [-0.2, 0) is 0 Å². The van der Waals surface area contributed by atoms with Gasteiger partial charge in [-0.25, -0.2) is 4.79 Å². The van der Waals surface area contributed by atoms with E-state index >= 15 is 0 Å². The third kappa shape index (κ3) is 4.07. The molecule has 2 N–H and O–H groups in total. The molecule has 24 heavy (non-hydrogen) atoms. The van der Waals surface area contributed by atoms with Crippen LogP contribution in [0.5, 0.6) is 0 Å². The van der Waals surface area contributed by atoms with Gasteiger partial charge in [-0.2, -0.15) is 0 Å². The van der Waals surface area contributed by atoms with Crippen molar-refractivity contribution < 1.29 is 9.32 Å². The van der Waals surface area contributed by atoms with Gasteiger partial charge in [0.15, 0.2) is 5.82 Å². The number of halogens is 1. The first kappa shape index (κ1) is 16.8. The summed E-state index contributed by atoms with van der Waals surface area (Å²) in [6.45, 7) is 4.28. The first-order valence-electron chi connectivity index (χ1n) is 8.10. The van der Waals surface area contributed by atoms with Crippen LogP contribution in [0.4, 0.5) is 10.6 Å². The lowest BCUT2D eigenvalue weighted by atomic mass is 10.1. The van der Waals surface area contributed by atoms with Crippen LogP contribution in [0, 0.1) is 6.92 Å². The monoisotopic (exact) mass is 348 g/mol. The fraction of sp³-hybridized carbons (Fsp3) is 0.412. The third-order valence-electron chi connectivity index (χ3n) is 4.17. The number of aromatic nitrogens is 1. The highest BCUT2D eigenvalue weighted by Crippen LogP contribution is 2.29. The first-order chi connectivity index (χ1) is 11.6. The van der Waals surface area contributed by atoms with Gasteiger partial charge in [-0.05, 0) is 44.5 Å². The fourth-order valence-corrected chi connectivity index (χ4v) is 3.27. The summed E-state index contributed by atoms with van der Waals surface area (Å²) in [6, 6.07) is 9.23. The molecule has 0 spiro atoms. The Morgan fingerprint density at radius 2 is 2.12 bits per heavy atom. The van der Waals surface area contributed by atoms with Crippen LogP contribution in [0.2, 0.25) is 5.02 Å². The largest absolute Gasteiger partial charge is 0.360 e. The molecule has 1 aromatic carbocycles. The molecule has 1 aliphatic rings. The van der Waals surface area contributed by atoms with Crippen molar-refractivity contribution in [3.05, 3.63) is 46.7 Å². The molecular weight excluding hydrogens is 328 g/mol. The molecular formula is C17H21ClN4O2. The average Bonchev–Trinajstić information content (AvgIpc) is 3.21. The summed E-state index contributed by atoms with van der Waals surface area (Å²) in [6.07, 6.45) is 2.34. The normalized spacial score (nSPS) is 16.1. The molecule has 0 unspecified atom stereocenters. The second kappa shape index (κ2) is 7.68. The quantitative estimate of drug-likeness (QED) is 0.866. The summed E-state index contributed by atoms with van der Waals surface area (Å²) in [4.78, 5) is 14.5. The number of urea groups is 1. The lowest BCUT2D eigenvalue weighted by Crippen LogP contribution is -2.38. The van der Waals surface area contributed by atoms with Crippen molar-refractivity contribution in [2.24, 2.45) is 0 Å². The van der Waals surface area contributed by atoms with Gasteiger partial charge in [0.25, 0.3) is 0 Å². The Bertz CT molecular complexity index is 697. The van der Waals surface area contributed by atoms with E-state index in [-0.39, 0.29) is 12.1 Å². The van der Waals surface area contributed by atoms with Gasteiger partial charge in [0.1, 0.15) is 5.76 Å². The van der Waals surface area contributed by atoms with Crippen LogP contribution in [0.25, 0.3) is 0 Å². The van der Waals surface area contributed by atoms with Crippen molar-refractivity contribution in [1.82, 2.24) is 15.4 Å². The minimum absolute atomic E-state index is 0.0611. The zero-order valence-corrected chi connectivity index (χ0v) is 14.3. The van der Waals surface area contributed by atoms with E-state index in [1.807, 2.05) is 24.3 Å². The molecule has 1 fully saturated rings. The number of carbonyl (C=O) groups excluding carboxylic acids is 1. The van der Waals surface area contributed by atoms with E-state index in [2.05, 4.69) is 20.7 Å². The highest BCUT2D eigenvalue weighted by molar-refractivity contribution is 6.31. The van der Waals surface area contributed by atoms with Gasteiger partial charge < -0.3 is 9.84 Å². The molecule has 1 saturated heterocycles. The summed E-state index contributed by atoms with van der Waals surface area (Å²) in [5, 5.41) is 10.1. The van der Waals surface area contributed by atoms with E-state index in [0.29, 0.717) is 18.1 Å². The van der Waals surface area contributed by atoms with Gasteiger partial charge >= 0.3 is 6.03 Å². The predicted octanol–water partition coefficient (Wildman–Crippen LogP) is 3.60. The van der Waals surface area contributed by atoms with E-state index in [1.54, 1.807) is 13.0 Å². The SMILES string of the molecule is Cc1cc(NC(=O)NC[C@H](c2ccccc2Cl)N2CCCC2)no1. The van der Waals surface area contributed by atoms with Crippen LogP contribution in [0.3, 0.4) is 0 Å². The molecule has 2 heterocycles. The Labute approximate surface area is 146 Å². The number of hydrogen-bond donors (Lipinski definition) is 2. The molecule has 0 saturated carbocycles. The Balaban J connectivity index is 1.65. The van der Waals surface area contributed by atoms with E-state index in [9.17, 15) is 4.79 Å². The number of aryl methyl sites for hydroxylation is 1. The van der Waals surface area contributed by atoms with Crippen molar-refractivity contribution in [2.45, 2.75) is 25.8 Å². The maximum Gasteiger partial charge on any atom is 0.320 e. The average molecular weight is 349 g/mol. The number of likely N-dealkylation sites (tertiary alicyclic amines) is 1. The van der Waals surface area contributed by atoms with Crippen molar-refractivity contribution in [3.63, 3.8) is 0 Å². The topological polar surface area (TPSA) is 70.4 Å². The molecule has 7 heteroatoms. The van der Waals surface area contributed by atoms with E-state index in [1.165, 1.54) is 12.8 Å². The molecule has 1 atom stereocenters. The standard InChI is InChI=1S/C17H21ClN4O2/c1-12-10-16(21-24-12)20-17(23)19-11-15(22-8-4-5-9-22)13-6-2-3-7-14(13)18/h2-3,6-7,10,15H,4-5,8-9,11H2,1H3,(H2,19,20,21,23)/t15-/m1/s1. The minimum atomic E-state index is -0.306. The van der Waals surface area contributed by atoms with E-state index < -0.39 is 0 Å². The van der Waals surface area contributed by atoms with Crippen LogP contribution in [0.15, 0.2) is 34.9 Å².